The molecule has 0 heterocycles. The molecule has 0 saturated heterocycles. The molecule has 0 bridgehead atoms. The van der Waals surface area contributed by atoms with Gasteiger partial charge in [-0.1, -0.05) is 57.5 Å². The van der Waals surface area contributed by atoms with Crippen LogP contribution in [0, 0.1) is 6.92 Å². The molecule has 0 aliphatic heterocycles. The molecule has 2 aromatic carbocycles. The van der Waals surface area contributed by atoms with Gasteiger partial charge >= 0.3 is 0 Å². The van der Waals surface area contributed by atoms with Gasteiger partial charge in [-0.05, 0) is 48.6 Å². The molecule has 0 aliphatic carbocycles. The van der Waals surface area contributed by atoms with Crippen LogP contribution in [-0.2, 0) is 10.2 Å². The van der Waals surface area contributed by atoms with Gasteiger partial charge in [0.1, 0.15) is 5.75 Å². The van der Waals surface area contributed by atoms with E-state index in [1.807, 2.05) is 50.2 Å². The van der Waals surface area contributed by atoms with Gasteiger partial charge in [0.2, 0.25) is 0 Å². The molecule has 0 fully saturated rings. The second kappa shape index (κ2) is 8.71. The van der Waals surface area contributed by atoms with Crippen molar-refractivity contribution in [2.24, 2.45) is 0 Å². The van der Waals surface area contributed by atoms with Gasteiger partial charge in [0.25, 0.3) is 11.8 Å². The zero-order valence-corrected chi connectivity index (χ0v) is 16.6. The Morgan fingerprint density at radius 3 is 2.07 bits per heavy atom. The fourth-order valence-corrected chi connectivity index (χ4v) is 2.50. The summed E-state index contributed by atoms with van der Waals surface area (Å²) in [4.78, 5) is 24.6. The van der Waals surface area contributed by atoms with Crippen LogP contribution < -0.4 is 15.6 Å². The van der Waals surface area contributed by atoms with Crippen molar-refractivity contribution in [2.75, 3.05) is 0 Å². The first-order valence-electron chi connectivity index (χ1n) is 9.14. The van der Waals surface area contributed by atoms with Gasteiger partial charge in [-0.2, -0.15) is 0 Å². The second-order valence-electron chi connectivity index (χ2n) is 7.60. The minimum Gasteiger partial charge on any atom is -0.481 e. The number of benzene rings is 2. The van der Waals surface area contributed by atoms with Crippen molar-refractivity contribution < 1.29 is 14.3 Å². The van der Waals surface area contributed by atoms with Crippen LogP contribution in [0.2, 0.25) is 0 Å². The maximum Gasteiger partial charge on any atom is 0.279 e. The number of hydrogen-bond acceptors (Lipinski definition) is 3. The van der Waals surface area contributed by atoms with Crippen LogP contribution in [0.3, 0.4) is 0 Å². The molecule has 0 aromatic heterocycles. The Kier molecular flexibility index (Phi) is 6.61. The Morgan fingerprint density at radius 1 is 0.963 bits per heavy atom. The molecule has 0 aliphatic rings. The molecule has 2 rings (SSSR count). The molecule has 0 saturated carbocycles. The lowest BCUT2D eigenvalue weighted by Gasteiger charge is -2.19. The molecule has 2 amide bonds. The summed E-state index contributed by atoms with van der Waals surface area (Å²) in [5.41, 5.74) is 7.65. The van der Waals surface area contributed by atoms with Gasteiger partial charge in [-0.3, -0.25) is 20.4 Å². The third-order valence-corrected chi connectivity index (χ3v) is 4.27. The third kappa shape index (κ3) is 5.84. The van der Waals surface area contributed by atoms with Crippen molar-refractivity contribution in [3.8, 4) is 5.75 Å². The van der Waals surface area contributed by atoms with Crippen molar-refractivity contribution in [3.63, 3.8) is 0 Å². The van der Waals surface area contributed by atoms with E-state index in [0.29, 0.717) is 17.7 Å². The number of amides is 2. The monoisotopic (exact) mass is 368 g/mol. The van der Waals surface area contributed by atoms with Gasteiger partial charge in [0.05, 0.1) is 0 Å². The Labute approximate surface area is 161 Å². The van der Waals surface area contributed by atoms with Gasteiger partial charge in [0, 0.05) is 5.56 Å². The van der Waals surface area contributed by atoms with Crippen LogP contribution in [0.25, 0.3) is 0 Å². The first-order chi connectivity index (χ1) is 12.7. The molecular formula is C22H28N2O3. The van der Waals surface area contributed by atoms with E-state index in [9.17, 15) is 9.59 Å². The van der Waals surface area contributed by atoms with E-state index in [0.717, 1.165) is 11.1 Å². The highest BCUT2D eigenvalue weighted by Gasteiger charge is 2.19. The minimum atomic E-state index is -0.684. The number of hydrogen-bond donors (Lipinski definition) is 2. The molecule has 1 unspecified atom stereocenters. The van der Waals surface area contributed by atoms with Crippen molar-refractivity contribution >= 4 is 11.8 Å². The zero-order valence-electron chi connectivity index (χ0n) is 16.6. The summed E-state index contributed by atoms with van der Waals surface area (Å²) in [5.74, 6) is -0.140. The summed E-state index contributed by atoms with van der Waals surface area (Å²) < 4.78 is 5.71. The quantitative estimate of drug-likeness (QED) is 0.786. The predicted octanol–water partition coefficient (Wildman–Crippen LogP) is 3.91. The van der Waals surface area contributed by atoms with Gasteiger partial charge in [-0.15, -0.1) is 0 Å². The molecule has 5 heteroatoms. The highest BCUT2D eigenvalue weighted by Crippen LogP contribution is 2.22. The molecule has 5 nitrogen and oxygen atoms in total. The number of ether oxygens (including phenoxy) is 1. The summed E-state index contributed by atoms with van der Waals surface area (Å²) >= 11 is 0. The lowest BCUT2D eigenvalue weighted by molar-refractivity contribution is -0.128. The molecule has 144 valence electrons. The summed E-state index contributed by atoms with van der Waals surface area (Å²) in [7, 11) is 0. The van der Waals surface area contributed by atoms with E-state index in [4.69, 9.17) is 4.74 Å². The molecule has 2 N–H and O–H groups in total. The van der Waals surface area contributed by atoms with Gasteiger partial charge in [-0.25, -0.2) is 0 Å². The third-order valence-electron chi connectivity index (χ3n) is 4.27. The van der Waals surface area contributed by atoms with Crippen LogP contribution in [-0.4, -0.2) is 17.9 Å². The first kappa shape index (κ1) is 20.5. The Balaban J connectivity index is 1.92. The summed E-state index contributed by atoms with van der Waals surface area (Å²) in [6, 6.07) is 14.8. The van der Waals surface area contributed by atoms with E-state index < -0.39 is 12.0 Å². The smallest absolute Gasteiger partial charge is 0.279 e. The van der Waals surface area contributed by atoms with Crippen LogP contribution in [0.4, 0.5) is 0 Å². The van der Waals surface area contributed by atoms with Crippen LogP contribution >= 0.6 is 0 Å². The fraction of sp³-hybridized carbons (Fsp3) is 0.364. The Bertz CT molecular complexity index is 775. The standard InChI is InChI=1S/C22H28N2O3/c1-6-19(27-18-13-7-15(2)8-14-18)21(26)24-23-20(25)16-9-11-17(12-10-16)22(3,4)5/h7-14,19H,6H2,1-5H3,(H,23,25)(H,24,26). The van der Waals surface area contributed by atoms with Crippen molar-refractivity contribution in [2.45, 2.75) is 52.6 Å². The van der Waals surface area contributed by atoms with Gasteiger partial charge in [0.15, 0.2) is 6.10 Å². The average molecular weight is 368 g/mol. The van der Waals surface area contributed by atoms with Crippen molar-refractivity contribution in [3.05, 3.63) is 65.2 Å². The summed E-state index contributed by atoms with van der Waals surface area (Å²) in [6.07, 6.45) is -0.202. The molecule has 1 atom stereocenters. The van der Waals surface area contributed by atoms with E-state index in [-0.39, 0.29) is 11.3 Å². The SMILES string of the molecule is CCC(Oc1ccc(C)cc1)C(=O)NNC(=O)c1ccc(C(C)(C)C)cc1. The number of rotatable bonds is 5. The van der Waals surface area contributed by atoms with Gasteiger partial charge < -0.3 is 4.74 Å². The summed E-state index contributed by atoms with van der Waals surface area (Å²) in [5, 5.41) is 0. The number of aryl methyl sites for hydroxylation is 1. The Morgan fingerprint density at radius 2 is 1.56 bits per heavy atom. The van der Waals surface area contributed by atoms with Crippen molar-refractivity contribution in [1.29, 1.82) is 0 Å². The average Bonchev–Trinajstić information content (AvgIpc) is 2.64. The lowest BCUT2D eigenvalue weighted by Crippen LogP contribution is -2.47. The maximum atomic E-state index is 12.3. The van der Waals surface area contributed by atoms with E-state index >= 15 is 0 Å². The van der Waals surface area contributed by atoms with E-state index in [1.54, 1.807) is 12.1 Å². The number of nitrogens with one attached hydrogen (secondary N) is 2. The number of carbonyl (C=O) groups excluding carboxylic acids is 2. The molecule has 0 spiro atoms. The summed E-state index contributed by atoms with van der Waals surface area (Å²) in [6.45, 7) is 10.2. The highest BCUT2D eigenvalue weighted by molar-refractivity contribution is 5.95. The maximum absolute atomic E-state index is 12.3. The fourth-order valence-electron chi connectivity index (χ4n) is 2.50. The second-order valence-corrected chi connectivity index (χ2v) is 7.60. The predicted molar refractivity (Wildman–Crippen MR) is 107 cm³/mol. The number of carbonyl (C=O) groups is 2. The van der Waals surface area contributed by atoms with Crippen LogP contribution in [0.15, 0.2) is 48.5 Å². The van der Waals surface area contributed by atoms with Crippen LogP contribution in [0.1, 0.15) is 55.6 Å². The molecular weight excluding hydrogens is 340 g/mol. The Hall–Kier alpha value is -2.82. The van der Waals surface area contributed by atoms with E-state index in [1.165, 1.54) is 0 Å². The van der Waals surface area contributed by atoms with Crippen molar-refractivity contribution in [1.82, 2.24) is 10.9 Å². The lowest BCUT2D eigenvalue weighted by atomic mass is 9.87. The topological polar surface area (TPSA) is 67.4 Å². The molecule has 0 radical (unpaired) electrons. The van der Waals surface area contributed by atoms with Crippen LogP contribution in [0.5, 0.6) is 5.75 Å². The normalized spacial score (nSPS) is 12.2. The number of hydrazine groups is 1. The molecule has 27 heavy (non-hydrogen) atoms. The highest BCUT2D eigenvalue weighted by atomic mass is 16.5. The largest absolute Gasteiger partial charge is 0.481 e. The zero-order chi connectivity index (χ0) is 20.0. The van der Waals surface area contributed by atoms with E-state index in [2.05, 4.69) is 31.6 Å². The minimum absolute atomic E-state index is 0.0187. The molecule has 2 aromatic rings. The first-order valence-corrected chi connectivity index (χ1v) is 9.14.